The first-order valence-electron chi connectivity index (χ1n) is 11.5. The van der Waals surface area contributed by atoms with Crippen molar-refractivity contribution in [3.63, 3.8) is 0 Å². The van der Waals surface area contributed by atoms with Crippen LogP contribution in [0.15, 0.2) is 84.0 Å². The minimum atomic E-state index is -0.480. The minimum absolute atomic E-state index is 0.0443. The second-order valence-electron chi connectivity index (χ2n) is 8.36. The summed E-state index contributed by atoms with van der Waals surface area (Å²) in [7, 11) is 0. The average Bonchev–Trinajstić information content (AvgIpc) is 3.33. The van der Waals surface area contributed by atoms with Gasteiger partial charge in [0.05, 0.1) is 24.2 Å². The highest BCUT2D eigenvalue weighted by Crippen LogP contribution is 2.20. The van der Waals surface area contributed by atoms with Gasteiger partial charge < -0.3 is 10.1 Å². The molecule has 0 aliphatic rings. The fourth-order valence-corrected chi connectivity index (χ4v) is 4.00. The maximum atomic E-state index is 12.9. The zero-order valence-electron chi connectivity index (χ0n) is 19.6. The molecule has 0 fully saturated rings. The predicted molar refractivity (Wildman–Crippen MR) is 136 cm³/mol. The summed E-state index contributed by atoms with van der Waals surface area (Å²) >= 11 is 0. The molecule has 0 aliphatic carbocycles. The van der Waals surface area contributed by atoms with Crippen molar-refractivity contribution >= 4 is 33.4 Å². The van der Waals surface area contributed by atoms with E-state index in [2.05, 4.69) is 15.4 Å². The van der Waals surface area contributed by atoms with Crippen molar-refractivity contribution in [2.45, 2.75) is 13.1 Å². The molecule has 11 heteroatoms. The van der Waals surface area contributed by atoms with Crippen molar-refractivity contribution in [3.05, 3.63) is 105 Å². The lowest BCUT2D eigenvalue weighted by atomic mass is 10.1. The topological polar surface area (TPSA) is 134 Å². The predicted octanol–water partition coefficient (Wildman–Crippen LogP) is 2.90. The van der Waals surface area contributed by atoms with Gasteiger partial charge in [0.2, 0.25) is 0 Å². The van der Waals surface area contributed by atoms with Crippen LogP contribution < -0.4 is 15.6 Å². The van der Waals surface area contributed by atoms with Crippen LogP contribution in [-0.4, -0.2) is 43.3 Å². The minimum Gasteiger partial charge on any atom is -0.484 e. The lowest BCUT2D eigenvalue weighted by Gasteiger charge is -2.09. The average molecular weight is 498 g/mol. The summed E-state index contributed by atoms with van der Waals surface area (Å²) in [6.07, 6.45) is 2.82. The molecule has 0 bridgehead atoms. The Kier molecular flexibility index (Phi) is 6.58. The molecule has 0 saturated heterocycles. The third kappa shape index (κ3) is 5.30. The van der Waals surface area contributed by atoms with E-state index in [0.29, 0.717) is 28.9 Å². The van der Waals surface area contributed by atoms with Gasteiger partial charge in [0.15, 0.2) is 12.3 Å². The Labute approximate surface area is 210 Å². The van der Waals surface area contributed by atoms with Crippen LogP contribution in [-0.2, 0) is 17.9 Å². The second kappa shape index (κ2) is 10.3. The van der Waals surface area contributed by atoms with Gasteiger partial charge in [-0.25, -0.2) is 9.67 Å². The fourth-order valence-electron chi connectivity index (χ4n) is 4.00. The van der Waals surface area contributed by atoms with E-state index in [1.165, 1.54) is 29.2 Å². The van der Waals surface area contributed by atoms with Crippen LogP contribution in [0, 0.1) is 10.1 Å². The van der Waals surface area contributed by atoms with Gasteiger partial charge in [-0.15, -0.1) is 0 Å². The number of hydrogen-bond acceptors (Lipinski definition) is 7. The van der Waals surface area contributed by atoms with Crippen molar-refractivity contribution < 1.29 is 14.5 Å². The largest absolute Gasteiger partial charge is 0.484 e. The molecule has 1 amide bonds. The number of carbonyl (C=O) groups is 1. The molecule has 0 atom stereocenters. The smallest absolute Gasteiger partial charge is 0.269 e. The molecular formula is C26H22N6O5. The van der Waals surface area contributed by atoms with Gasteiger partial charge in [-0.3, -0.25) is 24.3 Å². The van der Waals surface area contributed by atoms with E-state index in [-0.39, 0.29) is 36.9 Å². The van der Waals surface area contributed by atoms with E-state index in [0.717, 1.165) is 10.8 Å². The van der Waals surface area contributed by atoms with Crippen LogP contribution >= 0.6 is 0 Å². The van der Waals surface area contributed by atoms with Crippen molar-refractivity contribution in [1.29, 1.82) is 0 Å². The SMILES string of the molecule is O=C(COc1ccc2ccccc2c1)NCCn1ncc2c(=O)n(Cc3cccc([N+](=O)[O-])c3)cnc21. The van der Waals surface area contributed by atoms with Crippen molar-refractivity contribution in [3.8, 4) is 5.75 Å². The Balaban J connectivity index is 1.18. The molecule has 5 rings (SSSR count). The molecule has 186 valence electrons. The standard InChI is InChI=1S/C26H22N6O5/c33-24(16-37-22-9-8-19-5-1-2-6-20(19)13-22)27-10-11-31-25-23(14-29-31)26(34)30(17-28-25)15-18-4-3-7-21(12-18)32(35)36/h1-9,12-14,17H,10-11,15-16H2,(H,27,33). The molecule has 3 aromatic carbocycles. The third-order valence-corrected chi connectivity index (χ3v) is 5.83. The summed E-state index contributed by atoms with van der Waals surface area (Å²) < 4.78 is 8.52. The Morgan fingerprint density at radius 1 is 1.05 bits per heavy atom. The summed E-state index contributed by atoms with van der Waals surface area (Å²) in [4.78, 5) is 40.0. The maximum absolute atomic E-state index is 12.9. The summed E-state index contributed by atoms with van der Waals surface area (Å²) in [6.45, 7) is 0.600. The van der Waals surface area contributed by atoms with E-state index >= 15 is 0 Å². The van der Waals surface area contributed by atoms with Crippen LogP contribution in [0.1, 0.15) is 5.56 Å². The number of ether oxygens (including phenoxy) is 1. The third-order valence-electron chi connectivity index (χ3n) is 5.83. The van der Waals surface area contributed by atoms with Crippen LogP contribution in [0.5, 0.6) is 5.75 Å². The van der Waals surface area contributed by atoms with Gasteiger partial charge in [0.25, 0.3) is 17.2 Å². The summed E-state index contributed by atoms with van der Waals surface area (Å²) in [5.41, 5.74) is 0.646. The number of non-ortho nitro benzene ring substituents is 1. The number of nitrogens with one attached hydrogen (secondary N) is 1. The summed E-state index contributed by atoms with van der Waals surface area (Å²) in [6, 6.07) is 19.6. The van der Waals surface area contributed by atoms with Crippen molar-refractivity contribution in [2.24, 2.45) is 0 Å². The number of fused-ring (bicyclic) bond motifs is 2. The molecule has 0 aliphatic heterocycles. The fraction of sp³-hybridized carbons (Fsp3) is 0.154. The number of aromatic nitrogens is 4. The van der Waals surface area contributed by atoms with E-state index in [1.807, 2.05) is 42.5 Å². The first-order valence-corrected chi connectivity index (χ1v) is 11.5. The molecule has 2 aromatic heterocycles. The molecule has 11 nitrogen and oxygen atoms in total. The number of amides is 1. The zero-order chi connectivity index (χ0) is 25.8. The highest BCUT2D eigenvalue weighted by Gasteiger charge is 2.12. The van der Waals surface area contributed by atoms with Crippen LogP contribution in [0.25, 0.3) is 21.8 Å². The van der Waals surface area contributed by atoms with Gasteiger partial charge in [-0.05, 0) is 28.5 Å². The number of hydrogen-bond donors (Lipinski definition) is 1. The van der Waals surface area contributed by atoms with Crippen LogP contribution in [0.3, 0.4) is 0 Å². The summed E-state index contributed by atoms with van der Waals surface area (Å²) in [5.74, 6) is 0.328. The molecular weight excluding hydrogens is 476 g/mol. The molecule has 2 heterocycles. The number of nitro benzene ring substituents is 1. The lowest BCUT2D eigenvalue weighted by Crippen LogP contribution is -2.31. The van der Waals surface area contributed by atoms with E-state index < -0.39 is 4.92 Å². The molecule has 0 spiro atoms. The van der Waals surface area contributed by atoms with E-state index in [4.69, 9.17) is 4.74 Å². The highest BCUT2D eigenvalue weighted by atomic mass is 16.6. The monoisotopic (exact) mass is 498 g/mol. The number of carbonyl (C=O) groups excluding carboxylic acids is 1. The van der Waals surface area contributed by atoms with Gasteiger partial charge in [-0.1, -0.05) is 42.5 Å². The molecule has 0 radical (unpaired) electrons. The number of nitrogens with zero attached hydrogens (tertiary/aromatic N) is 5. The quantitative estimate of drug-likeness (QED) is 0.244. The maximum Gasteiger partial charge on any atom is 0.269 e. The van der Waals surface area contributed by atoms with Gasteiger partial charge >= 0.3 is 0 Å². The highest BCUT2D eigenvalue weighted by molar-refractivity contribution is 5.84. The molecule has 5 aromatic rings. The Morgan fingerprint density at radius 2 is 1.89 bits per heavy atom. The zero-order valence-corrected chi connectivity index (χ0v) is 19.6. The summed E-state index contributed by atoms with van der Waals surface area (Å²) in [5, 5.41) is 20.5. The van der Waals surface area contributed by atoms with Crippen molar-refractivity contribution in [1.82, 2.24) is 24.6 Å². The van der Waals surface area contributed by atoms with Crippen LogP contribution in [0.2, 0.25) is 0 Å². The Bertz CT molecular complexity index is 1680. The normalized spacial score (nSPS) is 11.0. The van der Waals surface area contributed by atoms with E-state index in [9.17, 15) is 19.7 Å². The molecule has 0 saturated carbocycles. The van der Waals surface area contributed by atoms with Crippen molar-refractivity contribution in [2.75, 3.05) is 13.2 Å². The Hall–Kier alpha value is -5.06. The number of rotatable bonds is 9. The number of benzene rings is 3. The lowest BCUT2D eigenvalue weighted by molar-refractivity contribution is -0.384. The molecule has 0 unspecified atom stereocenters. The van der Waals surface area contributed by atoms with Gasteiger partial charge in [0.1, 0.15) is 17.5 Å². The second-order valence-corrected chi connectivity index (χ2v) is 8.36. The van der Waals surface area contributed by atoms with Crippen LogP contribution in [0.4, 0.5) is 5.69 Å². The van der Waals surface area contributed by atoms with Gasteiger partial charge in [0, 0.05) is 18.7 Å². The van der Waals surface area contributed by atoms with Gasteiger partial charge in [-0.2, -0.15) is 5.10 Å². The Morgan fingerprint density at radius 3 is 2.73 bits per heavy atom. The first kappa shape index (κ1) is 23.7. The number of nitro groups is 1. The first-order chi connectivity index (χ1) is 18.0. The van der Waals surface area contributed by atoms with E-state index in [1.54, 1.807) is 16.8 Å². The molecule has 37 heavy (non-hydrogen) atoms. The molecule has 1 N–H and O–H groups in total.